The van der Waals surface area contributed by atoms with Crippen molar-refractivity contribution in [3.05, 3.63) is 34.9 Å². The zero-order valence-electron chi connectivity index (χ0n) is 12.1. The second-order valence-electron chi connectivity index (χ2n) is 4.62. The van der Waals surface area contributed by atoms with Gasteiger partial charge < -0.3 is 10.4 Å². The average molecular weight is 291 g/mol. The van der Waals surface area contributed by atoms with Gasteiger partial charge in [-0.05, 0) is 13.8 Å². The summed E-state index contributed by atoms with van der Waals surface area (Å²) in [6.45, 7) is 4.93. The molecule has 0 aliphatic carbocycles. The smallest absolute Gasteiger partial charge is 0.339 e. The lowest BCUT2D eigenvalue weighted by molar-refractivity contribution is 0.0691. The number of amides is 1. The van der Waals surface area contributed by atoms with Crippen LogP contribution in [0.1, 0.15) is 39.0 Å². The third kappa shape index (κ3) is 2.93. The molecule has 2 rings (SSSR count). The van der Waals surface area contributed by atoms with Crippen LogP contribution in [-0.4, -0.2) is 36.5 Å². The van der Waals surface area contributed by atoms with E-state index in [0.29, 0.717) is 0 Å². The summed E-state index contributed by atoms with van der Waals surface area (Å²) in [5.41, 5.74) is 1.65. The van der Waals surface area contributed by atoms with E-state index in [2.05, 4.69) is 15.5 Å². The molecule has 0 spiro atoms. The molecule has 21 heavy (non-hydrogen) atoms. The van der Waals surface area contributed by atoms with E-state index < -0.39 is 11.9 Å². The fourth-order valence-electron chi connectivity index (χ4n) is 2.05. The molecular formula is C13H17N5O3. The van der Waals surface area contributed by atoms with Gasteiger partial charge in [0.15, 0.2) is 5.69 Å². The summed E-state index contributed by atoms with van der Waals surface area (Å²) in [5, 5.41) is 19.8. The lowest BCUT2D eigenvalue weighted by Crippen LogP contribution is -2.25. The SMILES string of the molecule is CCn1ncc(CNC(=O)c2nn(C)cc2C(=O)O)c1C. The van der Waals surface area contributed by atoms with Crippen LogP contribution >= 0.6 is 0 Å². The van der Waals surface area contributed by atoms with Crippen LogP contribution < -0.4 is 5.32 Å². The van der Waals surface area contributed by atoms with Crippen molar-refractivity contribution in [2.75, 3.05) is 0 Å². The van der Waals surface area contributed by atoms with Gasteiger partial charge in [-0.15, -0.1) is 0 Å². The molecular weight excluding hydrogens is 274 g/mol. The number of nitrogens with one attached hydrogen (secondary N) is 1. The molecule has 0 aromatic carbocycles. The van der Waals surface area contributed by atoms with Crippen LogP contribution in [0.5, 0.6) is 0 Å². The van der Waals surface area contributed by atoms with Crippen molar-refractivity contribution in [1.29, 1.82) is 0 Å². The van der Waals surface area contributed by atoms with Crippen molar-refractivity contribution >= 4 is 11.9 Å². The lowest BCUT2D eigenvalue weighted by Gasteiger charge is -2.04. The third-order valence-corrected chi connectivity index (χ3v) is 3.22. The van der Waals surface area contributed by atoms with Crippen molar-refractivity contribution in [2.45, 2.75) is 26.9 Å². The summed E-state index contributed by atoms with van der Waals surface area (Å²) >= 11 is 0. The van der Waals surface area contributed by atoms with Gasteiger partial charge in [0.1, 0.15) is 5.56 Å². The van der Waals surface area contributed by atoms with Gasteiger partial charge in [-0.3, -0.25) is 14.2 Å². The number of aryl methyl sites for hydroxylation is 2. The van der Waals surface area contributed by atoms with E-state index in [1.165, 1.54) is 10.9 Å². The number of carboxylic acids is 1. The van der Waals surface area contributed by atoms with Crippen LogP contribution in [0.3, 0.4) is 0 Å². The van der Waals surface area contributed by atoms with Crippen molar-refractivity contribution in [3.8, 4) is 0 Å². The first-order valence-electron chi connectivity index (χ1n) is 6.50. The van der Waals surface area contributed by atoms with Crippen LogP contribution in [0, 0.1) is 6.92 Å². The van der Waals surface area contributed by atoms with Gasteiger partial charge in [-0.1, -0.05) is 0 Å². The molecule has 2 aromatic heterocycles. The zero-order valence-corrected chi connectivity index (χ0v) is 12.1. The van der Waals surface area contributed by atoms with Gasteiger partial charge in [0.2, 0.25) is 0 Å². The Bertz CT molecular complexity index is 686. The highest BCUT2D eigenvalue weighted by Gasteiger charge is 2.21. The zero-order chi connectivity index (χ0) is 15.6. The molecule has 0 radical (unpaired) electrons. The predicted molar refractivity (Wildman–Crippen MR) is 74.0 cm³/mol. The summed E-state index contributed by atoms with van der Waals surface area (Å²) in [5.74, 6) is -1.69. The standard InChI is InChI=1S/C13H17N5O3/c1-4-18-8(2)9(6-15-18)5-14-12(19)11-10(13(20)21)7-17(3)16-11/h6-7H,4-5H2,1-3H3,(H,14,19)(H,20,21). The Labute approximate surface area is 121 Å². The van der Waals surface area contributed by atoms with E-state index in [4.69, 9.17) is 5.11 Å². The van der Waals surface area contributed by atoms with Crippen LogP contribution in [-0.2, 0) is 20.1 Å². The average Bonchev–Trinajstić information content (AvgIpc) is 2.99. The summed E-state index contributed by atoms with van der Waals surface area (Å²) in [6, 6.07) is 0. The molecule has 2 heterocycles. The molecule has 0 saturated heterocycles. The first-order valence-corrected chi connectivity index (χ1v) is 6.50. The Kier molecular flexibility index (Phi) is 4.06. The van der Waals surface area contributed by atoms with Gasteiger partial charge in [0.05, 0.1) is 6.20 Å². The van der Waals surface area contributed by atoms with E-state index in [1.807, 2.05) is 18.5 Å². The first-order chi connectivity index (χ1) is 9.93. The number of aromatic carboxylic acids is 1. The van der Waals surface area contributed by atoms with Crippen LogP contribution in [0.25, 0.3) is 0 Å². The number of nitrogens with zero attached hydrogens (tertiary/aromatic N) is 4. The van der Waals surface area contributed by atoms with E-state index in [9.17, 15) is 9.59 Å². The van der Waals surface area contributed by atoms with Crippen molar-refractivity contribution in [3.63, 3.8) is 0 Å². The summed E-state index contributed by atoms with van der Waals surface area (Å²) < 4.78 is 3.13. The van der Waals surface area contributed by atoms with Gasteiger partial charge in [-0.2, -0.15) is 10.2 Å². The third-order valence-electron chi connectivity index (χ3n) is 3.22. The van der Waals surface area contributed by atoms with Crippen molar-refractivity contribution in [2.24, 2.45) is 7.05 Å². The van der Waals surface area contributed by atoms with Crippen LogP contribution in [0.2, 0.25) is 0 Å². The maximum absolute atomic E-state index is 12.1. The Hall–Kier alpha value is -2.64. The molecule has 1 amide bonds. The number of carboxylic acid groups (broad SMARTS) is 1. The molecule has 0 atom stereocenters. The molecule has 0 bridgehead atoms. The molecule has 0 saturated carbocycles. The molecule has 8 heteroatoms. The first kappa shape index (κ1) is 14.8. The Morgan fingerprint density at radius 2 is 2.14 bits per heavy atom. The summed E-state index contributed by atoms with van der Waals surface area (Å²) in [4.78, 5) is 23.1. The minimum absolute atomic E-state index is 0.0921. The molecule has 0 fully saturated rings. The number of rotatable bonds is 5. The summed E-state index contributed by atoms with van der Waals surface area (Å²) in [6.07, 6.45) is 2.99. The van der Waals surface area contributed by atoms with E-state index in [0.717, 1.165) is 17.8 Å². The predicted octanol–water partition coefficient (Wildman–Crippen LogP) is 0.573. The van der Waals surface area contributed by atoms with Crippen molar-refractivity contribution in [1.82, 2.24) is 24.9 Å². The maximum atomic E-state index is 12.1. The van der Waals surface area contributed by atoms with E-state index in [-0.39, 0.29) is 17.8 Å². The van der Waals surface area contributed by atoms with E-state index in [1.54, 1.807) is 13.2 Å². The topological polar surface area (TPSA) is 102 Å². The van der Waals surface area contributed by atoms with Gasteiger partial charge >= 0.3 is 5.97 Å². The molecule has 112 valence electrons. The number of aromatic nitrogens is 4. The number of hydrogen-bond donors (Lipinski definition) is 2. The maximum Gasteiger partial charge on any atom is 0.339 e. The number of carbonyl (C=O) groups excluding carboxylic acids is 1. The fourth-order valence-corrected chi connectivity index (χ4v) is 2.05. The minimum Gasteiger partial charge on any atom is -0.478 e. The molecule has 0 aliphatic rings. The van der Waals surface area contributed by atoms with E-state index >= 15 is 0 Å². The van der Waals surface area contributed by atoms with Gasteiger partial charge in [-0.25, -0.2) is 4.79 Å². The summed E-state index contributed by atoms with van der Waals surface area (Å²) in [7, 11) is 1.57. The molecule has 2 aromatic rings. The van der Waals surface area contributed by atoms with Crippen LogP contribution in [0.15, 0.2) is 12.4 Å². The molecule has 0 unspecified atom stereocenters. The Morgan fingerprint density at radius 3 is 2.71 bits per heavy atom. The number of hydrogen-bond acceptors (Lipinski definition) is 4. The fraction of sp³-hybridized carbons (Fsp3) is 0.385. The Morgan fingerprint density at radius 1 is 1.43 bits per heavy atom. The minimum atomic E-state index is -1.18. The lowest BCUT2D eigenvalue weighted by atomic mass is 10.2. The van der Waals surface area contributed by atoms with Gasteiger partial charge in [0, 0.05) is 37.6 Å². The highest BCUT2D eigenvalue weighted by Crippen LogP contribution is 2.09. The highest BCUT2D eigenvalue weighted by molar-refractivity contribution is 6.03. The second-order valence-corrected chi connectivity index (χ2v) is 4.62. The Balaban J connectivity index is 2.12. The normalized spacial score (nSPS) is 10.6. The highest BCUT2D eigenvalue weighted by atomic mass is 16.4. The quantitative estimate of drug-likeness (QED) is 0.838. The monoisotopic (exact) mass is 291 g/mol. The molecule has 0 aliphatic heterocycles. The molecule has 2 N–H and O–H groups in total. The largest absolute Gasteiger partial charge is 0.478 e. The van der Waals surface area contributed by atoms with Gasteiger partial charge in [0.25, 0.3) is 5.91 Å². The molecule has 8 nitrogen and oxygen atoms in total. The van der Waals surface area contributed by atoms with Crippen molar-refractivity contribution < 1.29 is 14.7 Å². The number of carbonyl (C=O) groups is 2. The van der Waals surface area contributed by atoms with Crippen LogP contribution in [0.4, 0.5) is 0 Å². The second kappa shape index (κ2) is 5.78.